The van der Waals surface area contributed by atoms with Gasteiger partial charge in [0.15, 0.2) is 0 Å². The normalized spacial score (nSPS) is 12.3. The fraction of sp³-hybridized carbons (Fsp3) is 0.462. The maximum absolute atomic E-state index is 13.3. The van der Waals surface area contributed by atoms with E-state index in [9.17, 15) is 18.0 Å². The van der Waals surface area contributed by atoms with Crippen LogP contribution in [0, 0.1) is 12.8 Å². The molecule has 0 fully saturated rings. The first-order chi connectivity index (χ1) is 16.4. The van der Waals surface area contributed by atoms with E-state index < -0.39 is 16.1 Å². The Balaban J connectivity index is 2.14. The molecule has 2 aromatic carbocycles. The molecule has 0 heterocycles. The Labute approximate surface area is 218 Å². The monoisotopic (exact) mass is 565 g/mol. The van der Waals surface area contributed by atoms with E-state index in [1.54, 1.807) is 24.0 Å². The summed E-state index contributed by atoms with van der Waals surface area (Å²) in [6.07, 6.45) is 1.61. The van der Waals surface area contributed by atoms with Crippen LogP contribution in [0.4, 0.5) is 5.69 Å². The highest BCUT2D eigenvalue weighted by molar-refractivity contribution is 9.10. The lowest BCUT2D eigenvalue weighted by Gasteiger charge is -2.29. The highest BCUT2D eigenvalue weighted by atomic mass is 79.9. The number of carbonyl (C=O) groups excluding carboxylic acids is 2. The zero-order chi connectivity index (χ0) is 26.2. The maximum atomic E-state index is 13.3. The van der Waals surface area contributed by atoms with Gasteiger partial charge >= 0.3 is 0 Å². The second-order valence-corrected chi connectivity index (χ2v) is 12.1. The molecule has 0 bridgehead atoms. The highest BCUT2D eigenvalue weighted by Gasteiger charge is 2.26. The van der Waals surface area contributed by atoms with Crippen molar-refractivity contribution in [3.63, 3.8) is 0 Å². The summed E-state index contributed by atoms with van der Waals surface area (Å²) >= 11 is 3.42. The Morgan fingerprint density at radius 1 is 1.00 bits per heavy atom. The molecule has 0 aliphatic rings. The first kappa shape index (κ1) is 28.8. The number of aryl methyl sites for hydroxylation is 1. The Kier molecular flexibility index (Phi) is 10.8. The van der Waals surface area contributed by atoms with E-state index in [4.69, 9.17) is 0 Å². The zero-order valence-electron chi connectivity index (χ0n) is 21.1. The second kappa shape index (κ2) is 13.1. The van der Waals surface area contributed by atoms with Gasteiger partial charge in [0, 0.05) is 30.5 Å². The molecular weight excluding hydrogens is 530 g/mol. The highest BCUT2D eigenvalue weighted by Crippen LogP contribution is 2.20. The van der Waals surface area contributed by atoms with Gasteiger partial charge in [-0.1, -0.05) is 59.6 Å². The minimum absolute atomic E-state index is 0.121. The summed E-state index contributed by atoms with van der Waals surface area (Å²) in [7, 11) is -3.51. The molecule has 2 amide bonds. The van der Waals surface area contributed by atoms with Crippen LogP contribution in [0.15, 0.2) is 53.0 Å². The van der Waals surface area contributed by atoms with Crippen molar-refractivity contribution in [2.75, 3.05) is 23.7 Å². The van der Waals surface area contributed by atoms with E-state index in [2.05, 4.69) is 21.2 Å². The molecule has 1 atom stereocenters. The largest absolute Gasteiger partial charge is 0.354 e. The van der Waals surface area contributed by atoms with E-state index >= 15 is 0 Å². The molecule has 0 saturated carbocycles. The van der Waals surface area contributed by atoms with Crippen molar-refractivity contribution in [1.82, 2.24) is 10.2 Å². The molecule has 35 heavy (non-hydrogen) atoms. The lowest BCUT2D eigenvalue weighted by atomic mass is 10.1. The number of nitrogens with one attached hydrogen (secondary N) is 1. The van der Waals surface area contributed by atoms with Gasteiger partial charge in [0.25, 0.3) is 0 Å². The summed E-state index contributed by atoms with van der Waals surface area (Å²) in [5, 5.41) is 2.90. The summed E-state index contributed by atoms with van der Waals surface area (Å²) in [5.74, 6) is -0.107. The predicted molar refractivity (Wildman–Crippen MR) is 145 cm³/mol. The number of hydrogen-bond donors (Lipinski definition) is 1. The molecule has 9 heteroatoms. The SMILES string of the molecule is Cc1ccc(N(CCCC(=O)N(Cc2ccc(Br)cc2)[C@H](C)C(=O)NCC(C)C)S(C)(=O)=O)cc1. The third-order valence-electron chi connectivity index (χ3n) is 5.59. The van der Waals surface area contributed by atoms with Crippen LogP contribution in [-0.2, 0) is 26.2 Å². The van der Waals surface area contributed by atoms with Crippen LogP contribution < -0.4 is 9.62 Å². The van der Waals surface area contributed by atoms with E-state index in [0.29, 0.717) is 24.6 Å². The number of hydrogen-bond acceptors (Lipinski definition) is 4. The Hall–Kier alpha value is -2.39. The van der Waals surface area contributed by atoms with E-state index in [1.165, 1.54) is 4.31 Å². The predicted octanol–water partition coefficient (Wildman–Crippen LogP) is 4.49. The number of carbonyl (C=O) groups is 2. The fourth-order valence-corrected chi connectivity index (χ4v) is 4.77. The summed E-state index contributed by atoms with van der Waals surface area (Å²) < 4.78 is 27.0. The summed E-state index contributed by atoms with van der Waals surface area (Å²) in [6.45, 7) is 8.68. The van der Waals surface area contributed by atoms with Crippen molar-refractivity contribution in [3.05, 3.63) is 64.1 Å². The molecule has 0 spiro atoms. The quantitative estimate of drug-likeness (QED) is 0.410. The van der Waals surface area contributed by atoms with E-state index in [0.717, 1.165) is 21.9 Å². The zero-order valence-corrected chi connectivity index (χ0v) is 23.5. The van der Waals surface area contributed by atoms with Gasteiger partial charge in [-0.05, 0) is 56.0 Å². The lowest BCUT2D eigenvalue weighted by molar-refractivity contribution is -0.140. The average Bonchev–Trinajstić information content (AvgIpc) is 2.79. The van der Waals surface area contributed by atoms with Gasteiger partial charge < -0.3 is 10.2 Å². The second-order valence-electron chi connectivity index (χ2n) is 9.24. The molecule has 0 radical (unpaired) electrons. The molecule has 0 aromatic heterocycles. The van der Waals surface area contributed by atoms with Crippen molar-refractivity contribution in [1.29, 1.82) is 0 Å². The molecule has 0 unspecified atom stereocenters. The van der Waals surface area contributed by atoms with E-state index in [-0.39, 0.29) is 31.3 Å². The van der Waals surface area contributed by atoms with Crippen molar-refractivity contribution >= 4 is 43.5 Å². The van der Waals surface area contributed by atoms with Gasteiger partial charge in [-0.2, -0.15) is 0 Å². The van der Waals surface area contributed by atoms with Crippen LogP contribution in [0.3, 0.4) is 0 Å². The third-order valence-corrected chi connectivity index (χ3v) is 7.31. The minimum Gasteiger partial charge on any atom is -0.354 e. The van der Waals surface area contributed by atoms with Crippen LogP contribution in [-0.4, -0.2) is 50.5 Å². The molecule has 2 aromatic rings. The number of halogens is 1. The van der Waals surface area contributed by atoms with Crippen LogP contribution in [0.5, 0.6) is 0 Å². The maximum Gasteiger partial charge on any atom is 0.242 e. The Morgan fingerprint density at radius 2 is 1.60 bits per heavy atom. The van der Waals surface area contributed by atoms with Crippen LogP contribution in [0.25, 0.3) is 0 Å². The van der Waals surface area contributed by atoms with Crippen LogP contribution >= 0.6 is 15.9 Å². The third kappa shape index (κ3) is 9.29. The number of amides is 2. The lowest BCUT2D eigenvalue weighted by Crippen LogP contribution is -2.48. The van der Waals surface area contributed by atoms with E-state index in [1.807, 2.05) is 57.2 Å². The van der Waals surface area contributed by atoms with Gasteiger partial charge in [-0.3, -0.25) is 13.9 Å². The van der Waals surface area contributed by atoms with Gasteiger partial charge in [-0.15, -0.1) is 0 Å². The molecule has 192 valence electrons. The molecular formula is C26H36BrN3O4S. The standard InChI is InChI=1S/C26H36BrN3O4S/c1-19(2)17-28-26(32)21(4)29(18-22-10-12-23(27)13-11-22)25(31)7-6-16-30(35(5,33)34)24-14-8-20(3)9-15-24/h8-15,19,21H,6-7,16-18H2,1-5H3,(H,28,32)/t21-/m1/s1. The Bertz CT molecular complexity index is 1090. The molecule has 2 rings (SSSR count). The van der Waals surface area contributed by atoms with Crippen LogP contribution in [0.2, 0.25) is 0 Å². The minimum atomic E-state index is -3.51. The number of sulfonamides is 1. The van der Waals surface area contributed by atoms with Gasteiger partial charge in [-0.25, -0.2) is 8.42 Å². The Morgan fingerprint density at radius 3 is 2.14 bits per heavy atom. The van der Waals surface area contributed by atoms with Crippen molar-refractivity contribution < 1.29 is 18.0 Å². The molecule has 0 aliphatic heterocycles. The fourth-order valence-electron chi connectivity index (χ4n) is 3.54. The summed E-state index contributed by atoms with van der Waals surface area (Å²) in [5.41, 5.74) is 2.51. The number of benzene rings is 2. The number of nitrogens with zero attached hydrogens (tertiary/aromatic N) is 2. The first-order valence-electron chi connectivity index (χ1n) is 11.7. The number of rotatable bonds is 12. The van der Waals surface area contributed by atoms with Gasteiger partial charge in [0.1, 0.15) is 6.04 Å². The molecule has 1 N–H and O–H groups in total. The van der Waals surface area contributed by atoms with Crippen molar-refractivity contribution in [3.8, 4) is 0 Å². The summed E-state index contributed by atoms with van der Waals surface area (Å²) in [4.78, 5) is 27.6. The molecule has 0 saturated heterocycles. The van der Waals surface area contributed by atoms with Crippen LogP contribution in [0.1, 0.15) is 44.7 Å². The number of anilines is 1. The average molecular weight is 567 g/mol. The molecule has 7 nitrogen and oxygen atoms in total. The topological polar surface area (TPSA) is 86.8 Å². The van der Waals surface area contributed by atoms with Gasteiger partial charge in [0.2, 0.25) is 21.8 Å². The summed E-state index contributed by atoms with van der Waals surface area (Å²) in [6, 6.07) is 14.2. The smallest absolute Gasteiger partial charge is 0.242 e. The van der Waals surface area contributed by atoms with Crippen molar-refractivity contribution in [2.24, 2.45) is 5.92 Å². The first-order valence-corrected chi connectivity index (χ1v) is 14.4. The van der Waals surface area contributed by atoms with Crippen molar-refractivity contribution in [2.45, 2.75) is 53.1 Å². The van der Waals surface area contributed by atoms with Gasteiger partial charge in [0.05, 0.1) is 11.9 Å². The molecule has 0 aliphatic carbocycles.